The Balaban J connectivity index is 2.39. The van der Waals surface area contributed by atoms with E-state index >= 15 is 0 Å². The fourth-order valence-corrected chi connectivity index (χ4v) is 3.84. The second-order valence-electron chi connectivity index (χ2n) is 3.28. The number of likely N-dealkylation sites (N-methyl/N-ethyl adjacent to an activating group) is 1. The van der Waals surface area contributed by atoms with Crippen LogP contribution in [0, 0.1) is 0 Å². The van der Waals surface area contributed by atoms with Crippen molar-refractivity contribution >= 4 is 55.1 Å². The maximum Gasteiger partial charge on any atom is 0.346 e. The summed E-state index contributed by atoms with van der Waals surface area (Å²) in [5.41, 5.74) is 5.79. The molecule has 1 aromatic rings. The molecule has 1 aliphatic heterocycles. The summed E-state index contributed by atoms with van der Waals surface area (Å²) in [6, 6.07) is 1.49. The SMILES string of the molecule is CCN1C(=O)N=C(N)C1c1cc(Br)c(Br)s1. The zero-order chi connectivity index (χ0) is 11.9. The predicted octanol–water partition coefficient (Wildman–Crippen LogP) is 3.13. The molecule has 2 amide bonds. The van der Waals surface area contributed by atoms with E-state index in [2.05, 4.69) is 36.9 Å². The molecule has 1 unspecified atom stereocenters. The van der Waals surface area contributed by atoms with Crippen LogP contribution in [0.2, 0.25) is 0 Å². The van der Waals surface area contributed by atoms with E-state index < -0.39 is 0 Å². The molecule has 86 valence electrons. The topological polar surface area (TPSA) is 58.7 Å². The van der Waals surface area contributed by atoms with Crippen molar-refractivity contribution in [1.29, 1.82) is 0 Å². The van der Waals surface area contributed by atoms with Crippen LogP contribution in [0.4, 0.5) is 4.79 Å². The monoisotopic (exact) mass is 365 g/mol. The molecule has 1 aliphatic rings. The van der Waals surface area contributed by atoms with Gasteiger partial charge < -0.3 is 10.6 Å². The van der Waals surface area contributed by atoms with Crippen molar-refractivity contribution in [3.63, 3.8) is 0 Å². The highest BCUT2D eigenvalue weighted by Crippen LogP contribution is 2.38. The first-order valence-corrected chi connectivity index (χ1v) is 7.04. The molecule has 7 heteroatoms. The number of thiophene rings is 1. The molecule has 4 nitrogen and oxygen atoms in total. The minimum atomic E-state index is -0.259. The number of hydrogen-bond acceptors (Lipinski definition) is 3. The number of amides is 2. The second-order valence-corrected chi connectivity index (χ2v) is 6.53. The van der Waals surface area contributed by atoms with Crippen LogP contribution >= 0.6 is 43.2 Å². The number of aliphatic imine (C=N–C) groups is 1. The number of urea groups is 1. The molecule has 0 spiro atoms. The molecule has 2 rings (SSSR count). The number of carbonyl (C=O) groups is 1. The van der Waals surface area contributed by atoms with E-state index in [1.165, 1.54) is 0 Å². The maximum atomic E-state index is 11.5. The fraction of sp³-hybridized carbons (Fsp3) is 0.333. The highest BCUT2D eigenvalue weighted by atomic mass is 79.9. The van der Waals surface area contributed by atoms with Gasteiger partial charge in [-0.25, -0.2) is 4.79 Å². The van der Waals surface area contributed by atoms with Gasteiger partial charge in [-0.1, -0.05) is 0 Å². The standard InChI is InChI=1S/C9H9Br2N3OS/c1-2-14-6(8(12)13-9(14)15)5-3-4(10)7(11)16-5/h3,6H,2H2,1H3,(H2,12,13,15). The molecule has 0 bridgehead atoms. The smallest absolute Gasteiger partial charge is 0.346 e. The Morgan fingerprint density at radius 2 is 2.31 bits per heavy atom. The molecule has 0 aliphatic carbocycles. The van der Waals surface area contributed by atoms with Crippen LogP contribution < -0.4 is 5.73 Å². The lowest BCUT2D eigenvalue weighted by molar-refractivity contribution is 0.210. The first-order valence-electron chi connectivity index (χ1n) is 4.64. The first kappa shape index (κ1) is 12.1. The molecule has 1 atom stereocenters. The molecule has 2 heterocycles. The van der Waals surface area contributed by atoms with Crippen LogP contribution in [0.15, 0.2) is 19.3 Å². The average Bonchev–Trinajstić information content (AvgIpc) is 2.67. The molecule has 0 saturated carbocycles. The van der Waals surface area contributed by atoms with E-state index in [1.807, 2.05) is 13.0 Å². The zero-order valence-electron chi connectivity index (χ0n) is 8.41. The first-order chi connectivity index (χ1) is 7.54. The molecule has 0 saturated heterocycles. The van der Waals surface area contributed by atoms with Crippen molar-refractivity contribution in [1.82, 2.24) is 4.90 Å². The highest BCUT2D eigenvalue weighted by molar-refractivity contribution is 9.13. The Kier molecular flexibility index (Phi) is 3.37. The Hall–Kier alpha value is -0.400. The highest BCUT2D eigenvalue weighted by Gasteiger charge is 2.34. The van der Waals surface area contributed by atoms with Crippen molar-refractivity contribution < 1.29 is 4.79 Å². The Morgan fingerprint density at radius 1 is 1.62 bits per heavy atom. The van der Waals surface area contributed by atoms with E-state index in [0.717, 1.165) is 13.1 Å². The van der Waals surface area contributed by atoms with Gasteiger partial charge in [0, 0.05) is 15.9 Å². The minimum Gasteiger partial charge on any atom is -0.385 e. The van der Waals surface area contributed by atoms with Crippen LogP contribution in [-0.4, -0.2) is 23.3 Å². The van der Waals surface area contributed by atoms with Crippen LogP contribution in [0.1, 0.15) is 17.8 Å². The third-order valence-corrected chi connectivity index (χ3v) is 5.65. The van der Waals surface area contributed by atoms with Gasteiger partial charge in [-0.15, -0.1) is 11.3 Å². The van der Waals surface area contributed by atoms with Crippen LogP contribution in [0.25, 0.3) is 0 Å². The largest absolute Gasteiger partial charge is 0.385 e. The van der Waals surface area contributed by atoms with Crippen molar-refractivity contribution in [3.8, 4) is 0 Å². The van der Waals surface area contributed by atoms with Gasteiger partial charge in [0.25, 0.3) is 0 Å². The lowest BCUT2D eigenvalue weighted by Gasteiger charge is -2.21. The third-order valence-electron chi connectivity index (χ3n) is 2.34. The molecular formula is C9H9Br2N3OS. The molecular weight excluding hydrogens is 358 g/mol. The zero-order valence-corrected chi connectivity index (χ0v) is 12.4. The van der Waals surface area contributed by atoms with Crippen molar-refractivity contribution in [2.24, 2.45) is 10.7 Å². The summed E-state index contributed by atoms with van der Waals surface area (Å²) in [7, 11) is 0. The quantitative estimate of drug-likeness (QED) is 0.874. The number of carbonyl (C=O) groups excluding carboxylic acids is 1. The van der Waals surface area contributed by atoms with E-state index in [1.54, 1.807) is 16.2 Å². The summed E-state index contributed by atoms with van der Waals surface area (Å²) in [5.74, 6) is 0.369. The molecule has 0 radical (unpaired) electrons. The number of halogens is 2. The maximum absolute atomic E-state index is 11.5. The van der Waals surface area contributed by atoms with E-state index in [4.69, 9.17) is 5.73 Å². The summed E-state index contributed by atoms with van der Waals surface area (Å²) < 4.78 is 1.96. The van der Waals surface area contributed by atoms with E-state index in [9.17, 15) is 4.79 Å². The Bertz CT molecular complexity index is 452. The van der Waals surface area contributed by atoms with Gasteiger partial charge in [-0.2, -0.15) is 4.99 Å². The molecule has 1 aromatic heterocycles. The van der Waals surface area contributed by atoms with Gasteiger partial charge in [-0.3, -0.25) is 0 Å². The summed E-state index contributed by atoms with van der Waals surface area (Å²) >= 11 is 8.40. The van der Waals surface area contributed by atoms with Gasteiger partial charge in [0.05, 0.1) is 3.79 Å². The van der Waals surface area contributed by atoms with Gasteiger partial charge >= 0.3 is 6.03 Å². The lowest BCUT2D eigenvalue weighted by Crippen LogP contribution is -2.32. The molecule has 16 heavy (non-hydrogen) atoms. The molecule has 0 aromatic carbocycles. The number of amidine groups is 1. The fourth-order valence-electron chi connectivity index (χ4n) is 1.62. The molecule has 0 fully saturated rings. The van der Waals surface area contributed by atoms with Gasteiger partial charge in [0.15, 0.2) is 0 Å². The molecule has 2 N–H and O–H groups in total. The normalized spacial score (nSPS) is 20.4. The third kappa shape index (κ3) is 1.91. The summed E-state index contributed by atoms with van der Waals surface area (Å²) in [4.78, 5) is 18.0. The van der Waals surface area contributed by atoms with Gasteiger partial charge in [-0.05, 0) is 44.8 Å². The summed E-state index contributed by atoms with van der Waals surface area (Å²) in [6.45, 7) is 2.51. The second kappa shape index (κ2) is 4.46. The Labute approximate surface area is 114 Å². The van der Waals surface area contributed by atoms with Crippen LogP contribution in [0.3, 0.4) is 0 Å². The minimum absolute atomic E-state index is 0.218. The van der Waals surface area contributed by atoms with Crippen molar-refractivity contribution in [2.45, 2.75) is 13.0 Å². The van der Waals surface area contributed by atoms with Gasteiger partial charge in [0.2, 0.25) is 0 Å². The number of nitrogens with zero attached hydrogens (tertiary/aromatic N) is 2. The van der Waals surface area contributed by atoms with E-state index in [0.29, 0.717) is 12.4 Å². The number of hydrogen-bond donors (Lipinski definition) is 1. The van der Waals surface area contributed by atoms with E-state index in [-0.39, 0.29) is 12.1 Å². The van der Waals surface area contributed by atoms with Gasteiger partial charge in [0.1, 0.15) is 11.9 Å². The number of rotatable bonds is 2. The van der Waals surface area contributed by atoms with Crippen molar-refractivity contribution in [2.75, 3.05) is 6.54 Å². The Morgan fingerprint density at radius 3 is 2.81 bits per heavy atom. The summed E-state index contributed by atoms with van der Waals surface area (Å²) in [5, 5.41) is 0. The number of nitrogens with two attached hydrogens (primary N) is 1. The van der Waals surface area contributed by atoms with Crippen molar-refractivity contribution in [3.05, 3.63) is 19.2 Å². The summed E-state index contributed by atoms with van der Waals surface area (Å²) in [6.07, 6.45) is 0. The van der Waals surface area contributed by atoms with Crippen LogP contribution in [-0.2, 0) is 0 Å². The predicted molar refractivity (Wildman–Crippen MR) is 71.9 cm³/mol. The van der Waals surface area contributed by atoms with Crippen LogP contribution in [0.5, 0.6) is 0 Å². The average molecular weight is 367 g/mol. The lowest BCUT2D eigenvalue weighted by atomic mass is 10.2.